The molecule has 0 bridgehead atoms. The van der Waals surface area contributed by atoms with Crippen LogP contribution in [0.1, 0.15) is 5.56 Å². The first-order chi connectivity index (χ1) is 7.69. The molecule has 0 aromatic heterocycles. The third-order valence-corrected chi connectivity index (χ3v) is 3.01. The molecule has 1 rings (SSSR count). The lowest BCUT2D eigenvalue weighted by Crippen LogP contribution is -2.31. The summed E-state index contributed by atoms with van der Waals surface area (Å²) in [6, 6.07) is 10.0. The van der Waals surface area contributed by atoms with E-state index in [-0.39, 0.29) is 0 Å². The SMILES string of the molecule is CNC(=S)N(C)/N=C(/CBr)c1ccccc1. The number of alkyl halides is 1. The zero-order chi connectivity index (χ0) is 12.0. The maximum absolute atomic E-state index is 5.09. The van der Waals surface area contributed by atoms with E-state index >= 15 is 0 Å². The van der Waals surface area contributed by atoms with Crippen molar-refractivity contribution in [2.45, 2.75) is 0 Å². The van der Waals surface area contributed by atoms with Crippen LogP contribution in [0.5, 0.6) is 0 Å². The fourth-order valence-electron chi connectivity index (χ4n) is 1.18. The Morgan fingerprint density at radius 2 is 2.06 bits per heavy atom. The van der Waals surface area contributed by atoms with Gasteiger partial charge in [-0.15, -0.1) is 0 Å². The maximum Gasteiger partial charge on any atom is 0.189 e. The Hall–Kier alpha value is -0.940. The predicted molar refractivity (Wildman–Crippen MR) is 76.2 cm³/mol. The molecule has 16 heavy (non-hydrogen) atoms. The minimum absolute atomic E-state index is 0.592. The second-order valence-electron chi connectivity index (χ2n) is 3.13. The molecule has 86 valence electrons. The van der Waals surface area contributed by atoms with E-state index in [0.29, 0.717) is 10.4 Å². The molecule has 1 aromatic carbocycles. The summed E-state index contributed by atoms with van der Waals surface area (Å²) >= 11 is 8.52. The highest BCUT2D eigenvalue weighted by atomic mass is 79.9. The van der Waals surface area contributed by atoms with Crippen molar-refractivity contribution in [1.82, 2.24) is 10.3 Å². The lowest BCUT2D eigenvalue weighted by Gasteiger charge is -2.15. The Morgan fingerprint density at radius 3 is 2.56 bits per heavy atom. The average molecular weight is 300 g/mol. The Labute approximate surface area is 110 Å². The van der Waals surface area contributed by atoms with Crippen LogP contribution in [0.4, 0.5) is 0 Å². The molecular formula is C11H14BrN3S. The number of nitrogens with one attached hydrogen (secondary N) is 1. The highest BCUT2D eigenvalue weighted by molar-refractivity contribution is 9.09. The quantitative estimate of drug-likeness (QED) is 0.401. The topological polar surface area (TPSA) is 27.6 Å². The fourth-order valence-corrected chi connectivity index (χ4v) is 1.66. The summed E-state index contributed by atoms with van der Waals surface area (Å²) in [6.07, 6.45) is 0. The van der Waals surface area contributed by atoms with Gasteiger partial charge >= 0.3 is 0 Å². The van der Waals surface area contributed by atoms with Gasteiger partial charge < -0.3 is 5.32 Å². The smallest absolute Gasteiger partial charge is 0.189 e. The minimum atomic E-state index is 0.592. The number of thiocarbonyl (C=S) groups is 1. The average Bonchev–Trinajstić information content (AvgIpc) is 2.35. The van der Waals surface area contributed by atoms with Gasteiger partial charge in [-0.3, -0.25) is 0 Å². The van der Waals surface area contributed by atoms with E-state index in [9.17, 15) is 0 Å². The first-order valence-corrected chi connectivity index (χ1v) is 6.36. The second kappa shape index (κ2) is 6.60. The molecule has 0 spiro atoms. The van der Waals surface area contributed by atoms with Crippen molar-refractivity contribution in [1.29, 1.82) is 0 Å². The molecule has 0 aliphatic rings. The van der Waals surface area contributed by atoms with Crippen LogP contribution in [0, 0.1) is 0 Å². The van der Waals surface area contributed by atoms with Gasteiger partial charge in [0.25, 0.3) is 0 Å². The van der Waals surface area contributed by atoms with Crippen molar-refractivity contribution in [2.24, 2.45) is 5.10 Å². The zero-order valence-electron chi connectivity index (χ0n) is 9.27. The van der Waals surface area contributed by atoms with Gasteiger partial charge in [-0.25, -0.2) is 5.01 Å². The van der Waals surface area contributed by atoms with Crippen LogP contribution in [0.2, 0.25) is 0 Å². The van der Waals surface area contributed by atoms with Gasteiger partial charge in [-0.1, -0.05) is 46.3 Å². The van der Waals surface area contributed by atoms with Gasteiger partial charge in [-0.05, 0) is 17.8 Å². The van der Waals surface area contributed by atoms with Crippen LogP contribution in [0.25, 0.3) is 0 Å². The molecule has 0 fully saturated rings. The van der Waals surface area contributed by atoms with E-state index in [1.807, 2.05) is 37.4 Å². The first kappa shape index (κ1) is 13.1. The standard InChI is InChI=1S/C11H14BrN3S/c1-13-11(16)15(2)14-10(8-12)9-6-4-3-5-7-9/h3-7H,8H2,1-2H3,(H,13,16)/b14-10-. The van der Waals surface area contributed by atoms with Crippen molar-refractivity contribution in [3.63, 3.8) is 0 Å². The fraction of sp³-hybridized carbons (Fsp3) is 0.273. The van der Waals surface area contributed by atoms with Crippen LogP contribution < -0.4 is 5.32 Å². The highest BCUT2D eigenvalue weighted by Gasteiger charge is 2.05. The highest BCUT2D eigenvalue weighted by Crippen LogP contribution is 2.05. The molecule has 3 nitrogen and oxygen atoms in total. The van der Waals surface area contributed by atoms with Crippen molar-refractivity contribution in [3.8, 4) is 0 Å². The summed E-state index contributed by atoms with van der Waals surface area (Å²) in [5.74, 6) is 0. The summed E-state index contributed by atoms with van der Waals surface area (Å²) in [7, 11) is 3.61. The van der Waals surface area contributed by atoms with Crippen LogP contribution in [-0.4, -0.2) is 35.3 Å². The number of halogens is 1. The summed E-state index contributed by atoms with van der Waals surface area (Å²) in [6.45, 7) is 0. The van der Waals surface area contributed by atoms with Crippen molar-refractivity contribution < 1.29 is 0 Å². The third kappa shape index (κ3) is 3.57. The number of benzene rings is 1. The molecule has 0 amide bonds. The monoisotopic (exact) mass is 299 g/mol. The molecule has 0 unspecified atom stereocenters. The normalized spacial score (nSPS) is 11.1. The molecular weight excluding hydrogens is 286 g/mol. The molecule has 1 aromatic rings. The summed E-state index contributed by atoms with van der Waals surface area (Å²) < 4.78 is 0. The van der Waals surface area contributed by atoms with Gasteiger partial charge in [0.1, 0.15) is 0 Å². The number of hydrazone groups is 1. The molecule has 0 aliphatic heterocycles. The predicted octanol–water partition coefficient (Wildman–Crippen LogP) is 2.22. The van der Waals surface area contributed by atoms with E-state index in [4.69, 9.17) is 12.2 Å². The Balaban J connectivity index is 2.90. The number of hydrogen-bond acceptors (Lipinski definition) is 2. The van der Waals surface area contributed by atoms with Crippen LogP contribution in [0.3, 0.4) is 0 Å². The van der Waals surface area contributed by atoms with Crippen molar-refractivity contribution in [2.75, 3.05) is 19.4 Å². The van der Waals surface area contributed by atoms with E-state index in [1.165, 1.54) is 0 Å². The Kier molecular flexibility index (Phi) is 5.42. The van der Waals surface area contributed by atoms with E-state index in [2.05, 4.69) is 26.3 Å². The van der Waals surface area contributed by atoms with E-state index < -0.39 is 0 Å². The molecule has 0 atom stereocenters. The third-order valence-electron chi connectivity index (χ3n) is 2.01. The van der Waals surface area contributed by atoms with Gasteiger partial charge in [0.2, 0.25) is 0 Å². The van der Waals surface area contributed by atoms with E-state index in [0.717, 1.165) is 11.3 Å². The molecule has 0 heterocycles. The summed E-state index contributed by atoms with van der Waals surface area (Å²) in [5.41, 5.74) is 2.03. The van der Waals surface area contributed by atoms with Crippen molar-refractivity contribution in [3.05, 3.63) is 35.9 Å². The first-order valence-electron chi connectivity index (χ1n) is 4.83. The van der Waals surface area contributed by atoms with Crippen LogP contribution >= 0.6 is 28.1 Å². The molecule has 0 saturated carbocycles. The summed E-state index contributed by atoms with van der Waals surface area (Å²) in [5, 5.41) is 10.2. The number of nitrogens with zero attached hydrogens (tertiary/aromatic N) is 2. The molecule has 0 radical (unpaired) electrons. The van der Waals surface area contributed by atoms with Gasteiger partial charge in [0, 0.05) is 19.4 Å². The van der Waals surface area contributed by atoms with Gasteiger partial charge in [0.05, 0.1) is 5.71 Å². The molecule has 0 aliphatic carbocycles. The Morgan fingerprint density at radius 1 is 1.44 bits per heavy atom. The minimum Gasteiger partial charge on any atom is -0.364 e. The number of hydrogen-bond donors (Lipinski definition) is 1. The lowest BCUT2D eigenvalue weighted by atomic mass is 10.1. The van der Waals surface area contributed by atoms with E-state index in [1.54, 1.807) is 12.1 Å². The Bertz CT molecular complexity index is 378. The summed E-state index contributed by atoms with van der Waals surface area (Å²) in [4.78, 5) is 0. The molecule has 0 saturated heterocycles. The lowest BCUT2D eigenvalue weighted by molar-refractivity contribution is 0.537. The molecule has 1 N–H and O–H groups in total. The van der Waals surface area contributed by atoms with Crippen LogP contribution in [-0.2, 0) is 0 Å². The maximum atomic E-state index is 5.09. The molecule has 5 heteroatoms. The van der Waals surface area contributed by atoms with Crippen LogP contribution in [0.15, 0.2) is 35.4 Å². The second-order valence-corrected chi connectivity index (χ2v) is 4.07. The zero-order valence-corrected chi connectivity index (χ0v) is 11.7. The number of rotatable bonds is 3. The van der Waals surface area contributed by atoms with Gasteiger partial charge in [0.15, 0.2) is 5.11 Å². The largest absolute Gasteiger partial charge is 0.364 e. The van der Waals surface area contributed by atoms with Gasteiger partial charge in [-0.2, -0.15) is 5.10 Å². The van der Waals surface area contributed by atoms with Crippen molar-refractivity contribution >= 4 is 39.0 Å².